The van der Waals surface area contributed by atoms with Crippen LogP contribution in [0.5, 0.6) is 0 Å². The highest BCUT2D eigenvalue weighted by Crippen LogP contribution is 2.29. The normalized spacial score (nSPS) is 17.8. The maximum Gasteiger partial charge on any atom is 0.255 e. The van der Waals surface area contributed by atoms with E-state index in [1.807, 2.05) is 29.2 Å². The lowest BCUT2D eigenvalue weighted by atomic mass is 9.96. The van der Waals surface area contributed by atoms with Gasteiger partial charge in [0.25, 0.3) is 5.91 Å². The molecule has 1 N–H and O–H groups in total. The van der Waals surface area contributed by atoms with E-state index in [2.05, 4.69) is 4.98 Å². The summed E-state index contributed by atoms with van der Waals surface area (Å²) in [5.41, 5.74) is 2.44. The van der Waals surface area contributed by atoms with Gasteiger partial charge in [0.15, 0.2) is 0 Å². The Morgan fingerprint density at radius 1 is 1.20 bits per heavy atom. The van der Waals surface area contributed by atoms with Crippen molar-refractivity contribution < 1.29 is 4.79 Å². The Hall–Kier alpha value is -2.04. The molecule has 25 heavy (non-hydrogen) atoms. The van der Waals surface area contributed by atoms with Gasteiger partial charge in [0.2, 0.25) is 0 Å². The number of carbonyl (C=O) groups excluding carboxylic acids is 1. The van der Waals surface area contributed by atoms with Crippen molar-refractivity contribution in [2.24, 2.45) is 0 Å². The molecule has 1 aromatic heterocycles. The van der Waals surface area contributed by atoms with Crippen molar-refractivity contribution in [3.63, 3.8) is 0 Å². The number of fused-ring (bicyclic) bond motifs is 1. The number of nitrogens with one attached hydrogen (secondary N) is 1. The fourth-order valence-corrected chi connectivity index (χ4v) is 3.75. The number of H-pyrrole nitrogens is 1. The molecule has 1 saturated heterocycles. The zero-order valence-corrected chi connectivity index (χ0v) is 15.0. The number of aromatic amines is 1. The number of nitrogens with zero attached hydrogens (tertiary/aromatic N) is 2. The smallest absolute Gasteiger partial charge is 0.255 e. The first-order valence-electron chi connectivity index (χ1n) is 8.31. The van der Waals surface area contributed by atoms with Crippen molar-refractivity contribution in [1.82, 2.24) is 14.9 Å². The number of halogens is 2. The Morgan fingerprint density at radius 3 is 2.88 bits per heavy atom. The number of rotatable bonds is 2. The standard InChI is InChI=1S/C19H17Cl2N3O/c20-13-7-8-15(21)14(10-13)19(25)24-9-3-4-12(11-24)18-22-16-5-1-2-6-17(16)23-18/h1-2,5-8,10,12H,3-4,9,11H2,(H,22,23). The Kier molecular flexibility index (Phi) is 4.40. The van der Waals surface area contributed by atoms with E-state index in [-0.39, 0.29) is 11.8 Å². The first kappa shape index (κ1) is 16.4. The molecule has 0 aliphatic carbocycles. The summed E-state index contributed by atoms with van der Waals surface area (Å²) < 4.78 is 0. The van der Waals surface area contributed by atoms with Crippen molar-refractivity contribution in [2.45, 2.75) is 18.8 Å². The molecule has 0 spiro atoms. The van der Waals surface area contributed by atoms with Gasteiger partial charge in [-0.2, -0.15) is 0 Å². The molecule has 1 unspecified atom stereocenters. The van der Waals surface area contributed by atoms with Gasteiger partial charge >= 0.3 is 0 Å². The molecule has 128 valence electrons. The van der Waals surface area contributed by atoms with E-state index in [4.69, 9.17) is 28.2 Å². The van der Waals surface area contributed by atoms with E-state index in [0.29, 0.717) is 22.2 Å². The fraction of sp³-hybridized carbons (Fsp3) is 0.263. The van der Waals surface area contributed by atoms with Crippen molar-refractivity contribution >= 4 is 40.1 Å². The molecule has 0 saturated carbocycles. The molecular weight excluding hydrogens is 357 g/mol. The fourth-order valence-electron chi connectivity index (χ4n) is 3.38. The van der Waals surface area contributed by atoms with E-state index in [0.717, 1.165) is 36.2 Å². The lowest BCUT2D eigenvalue weighted by Gasteiger charge is -2.32. The van der Waals surface area contributed by atoms with Crippen LogP contribution in [0.25, 0.3) is 11.0 Å². The highest BCUT2D eigenvalue weighted by atomic mass is 35.5. The largest absolute Gasteiger partial charge is 0.342 e. The van der Waals surface area contributed by atoms with Gasteiger partial charge in [0.1, 0.15) is 5.82 Å². The number of aromatic nitrogens is 2. The van der Waals surface area contributed by atoms with Crippen molar-refractivity contribution in [2.75, 3.05) is 13.1 Å². The van der Waals surface area contributed by atoms with E-state index in [1.165, 1.54) is 0 Å². The third-order valence-electron chi connectivity index (χ3n) is 4.66. The minimum atomic E-state index is -0.0756. The lowest BCUT2D eigenvalue weighted by molar-refractivity contribution is 0.0705. The molecule has 0 bridgehead atoms. The molecule has 1 atom stereocenters. The maximum absolute atomic E-state index is 12.9. The summed E-state index contributed by atoms with van der Waals surface area (Å²) in [6, 6.07) is 13.0. The SMILES string of the molecule is O=C(c1cc(Cl)ccc1Cl)N1CCCC(c2nc3ccccc3[nH]2)C1. The first-order valence-corrected chi connectivity index (χ1v) is 9.06. The highest BCUT2D eigenvalue weighted by molar-refractivity contribution is 6.35. The highest BCUT2D eigenvalue weighted by Gasteiger charge is 2.28. The first-order chi connectivity index (χ1) is 12.1. The number of piperidine rings is 1. The molecule has 1 aliphatic rings. The van der Waals surface area contributed by atoms with Crippen molar-refractivity contribution in [3.8, 4) is 0 Å². The average molecular weight is 374 g/mol. The summed E-state index contributed by atoms with van der Waals surface area (Å²) in [7, 11) is 0. The monoisotopic (exact) mass is 373 g/mol. The van der Waals surface area contributed by atoms with Crippen LogP contribution < -0.4 is 0 Å². The number of hydrogen-bond donors (Lipinski definition) is 1. The summed E-state index contributed by atoms with van der Waals surface area (Å²) >= 11 is 12.2. The van der Waals surface area contributed by atoms with Crippen molar-refractivity contribution in [3.05, 3.63) is 63.9 Å². The van der Waals surface area contributed by atoms with Crippen LogP contribution in [-0.4, -0.2) is 33.9 Å². The molecule has 1 aliphatic heterocycles. The van der Waals surface area contributed by atoms with Crippen LogP contribution in [0.15, 0.2) is 42.5 Å². The van der Waals surface area contributed by atoms with Crippen LogP contribution in [0.1, 0.15) is 34.9 Å². The molecule has 4 nitrogen and oxygen atoms in total. The third kappa shape index (κ3) is 3.24. The van der Waals surface area contributed by atoms with Gasteiger partial charge in [0.05, 0.1) is 21.6 Å². The van der Waals surface area contributed by atoms with Gasteiger partial charge in [-0.3, -0.25) is 4.79 Å². The summed E-state index contributed by atoms with van der Waals surface area (Å²) in [6.45, 7) is 1.35. The molecule has 6 heteroatoms. The Balaban J connectivity index is 1.58. The number of benzene rings is 2. The van der Waals surface area contributed by atoms with E-state index in [9.17, 15) is 4.79 Å². The van der Waals surface area contributed by atoms with Gasteiger partial charge in [0, 0.05) is 24.0 Å². The summed E-state index contributed by atoms with van der Waals surface area (Å²) in [5, 5.41) is 0.943. The van der Waals surface area contributed by atoms with Gasteiger partial charge in [-0.05, 0) is 43.2 Å². The second kappa shape index (κ2) is 6.70. The van der Waals surface area contributed by atoms with Crippen LogP contribution in [0.3, 0.4) is 0 Å². The van der Waals surface area contributed by atoms with E-state index >= 15 is 0 Å². The topological polar surface area (TPSA) is 49.0 Å². The predicted octanol–water partition coefficient (Wildman–Crippen LogP) is 4.89. The summed E-state index contributed by atoms with van der Waals surface area (Å²) in [6.07, 6.45) is 1.94. The zero-order chi connectivity index (χ0) is 17.4. The Labute approximate surface area is 155 Å². The number of hydrogen-bond acceptors (Lipinski definition) is 2. The predicted molar refractivity (Wildman–Crippen MR) is 100 cm³/mol. The number of para-hydroxylation sites is 2. The van der Waals surface area contributed by atoms with Crippen molar-refractivity contribution in [1.29, 1.82) is 0 Å². The molecule has 2 aromatic carbocycles. The average Bonchev–Trinajstić information content (AvgIpc) is 3.07. The van der Waals surface area contributed by atoms with Gasteiger partial charge in [-0.25, -0.2) is 4.98 Å². The summed E-state index contributed by atoms with van der Waals surface area (Å²) in [5.74, 6) is 1.06. The summed E-state index contributed by atoms with van der Waals surface area (Å²) in [4.78, 5) is 22.8. The van der Waals surface area contributed by atoms with Gasteiger partial charge in [-0.1, -0.05) is 35.3 Å². The maximum atomic E-state index is 12.9. The zero-order valence-electron chi connectivity index (χ0n) is 13.5. The molecule has 0 radical (unpaired) electrons. The number of imidazole rings is 1. The molecular formula is C19H17Cl2N3O. The molecule has 1 amide bonds. The second-order valence-corrected chi connectivity index (χ2v) is 7.20. The molecule has 1 fully saturated rings. The van der Waals surface area contributed by atoms with Crippen LogP contribution in [0.2, 0.25) is 10.0 Å². The van der Waals surface area contributed by atoms with E-state index < -0.39 is 0 Å². The minimum Gasteiger partial charge on any atom is -0.342 e. The molecule has 2 heterocycles. The van der Waals surface area contributed by atoms with Crippen LogP contribution in [0, 0.1) is 0 Å². The van der Waals surface area contributed by atoms with Crippen LogP contribution in [0.4, 0.5) is 0 Å². The van der Waals surface area contributed by atoms with Gasteiger partial charge < -0.3 is 9.88 Å². The van der Waals surface area contributed by atoms with E-state index in [1.54, 1.807) is 18.2 Å². The molecule has 3 aromatic rings. The van der Waals surface area contributed by atoms with Crippen LogP contribution >= 0.6 is 23.2 Å². The number of amides is 1. The quantitative estimate of drug-likeness (QED) is 0.694. The second-order valence-electron chi connectivity index (χ2n) is 6.35. The Morgan fingerprint density at radius 2 is 2.04 bits per heavy atom. The minimum absolute atomic E-state index is 0.0756. The van der Waals surface area contributed by atoms with Gasteiger partial charge in [-0.15, -0.1) is 0 Å². The Bertz CT molecular complexity index is 904. The lowest BCUT2D eigenvalue weighted by Crippen LogP contribution is -2.39. The molecule has 4 rings (SSSR count). The third-order valence-corrected chi connectivity index (χ3v) is 5.23. The van der Waals surface area contributed by atoms with Crippen LogP contribution in [-0.2, 0) is 0 Å². The number of carbonyl (C=O) groups is 1. The number of likely N-dealkylation sites (tertiary alicyclic amines) is 1.